The van der Waals surface area contributed by atoms with E-state index < -0.39 is 0 Å². The van der Waals surface area contributed by atoms with E-state index in [1.807, 2.05) is 20.8 Å². The van der Waals surface area contributed by atoms with Crippen LogP contribution in [-0.2, 0) is 4.79 Å². The molecule has 1 N–H and O–H groups in total. The predicted octanol–water partition coefficient (Wildman–Crippen LogP) is 2.21. The highest BCUT2D eigenvalue weighted by Gasteiger charge is 2.20. The molecule has 0 radical (unpaired) electrons. The number of rotatable bonds is 5. The van der Waals surface area contributed by atoms with Crippen molar-refractivity contribution in [3.05, 3.63) is 0 Å². The lowest BCUT2D eigenvalue weighted by atomic mass is 10.1. The number of nitriles is 1. The van der Waals surface area contributed by atoms with Crippen LogP contribution in [-0.4, -0.2) is 16.8 Å². The maximum atomic E-state index is 11.6. The van der Waals surface area contributed by atoms with Crippen molar-refractivity contribution in [2.24, 2.45) is 5.92 Å². The molecule has 0 rings (SSSR count). The number of nitrogens with one attached hydrogen (secondary N) is 1. The van der Waals surface area contributed by atoms with Crippen LogP contribution in [0, 0.1) is 17.2 Å². The molecule has 0 saturated carbocycles. The minimum Gasteiger partial charge on any atom is -0.351 e. The Bertz CT molecular complexity index is 223. The van der Waals surface area contributed by atoms with Crippen molar-refractivity contribution in [1.82, 2.24) is 5.32 Å². The van der Waals surface area contributed by atoms with Crippen molar-refractivity contribution < 1.29 is 4.79 Å². The van der Waals surface area contributed by atoms with Crippen LogP contribution in [0.15, 0.2) is 0 Å². The van der Waals surface area contributed by atoms with Crippen molar-refractivity contribution in [2.75, 3.05) is 0 Å². The first kappa shape index (κ1) is 13.4. The lowest BCUT2D eigenvalue weighted by Crippen LogP contribution is -2.40. The van der Waals surface area contributed by atoms with E-state index in [0.717, 1.165) is 6.42 Å². The summed E-state index contributed by atoms with van der Waals surface area (Å²) in [6, 6.07) is 2.04. The van der Waals surface area contributed by atoms with Gasteiger partial charge < -0.3 is 5.32 Å². The third kappa shape index (κ3) is 4.61. The molecule has 0 fully saturated rings. The molecule has 0 aromatic carbocycles. The van der Waals surface area contributed by atoms with Crippen LogP contribution in [0.1, 0.15) is 33.6 Å². The summed E-state index contributed by atoms with van der Waals surface area (Å²) in [7, 11) is 0. The summed E-state index contributed by atoms with van der Waals surface area (Å²) >= 11 is 3.32. The van der Waals surface area contributed by atoms with Crippen LogP contribution in [0.25, 0.3) is 0 Å². The number of halogens is 1. The van der Waals surface area contributed by atoms with Gasteiger partial charge in [-0.1, -0.05) is 36.7 Å². The second-order valence-corrected chi connectivity index (χ2v) is 4.61. The second-order valence-electron chi connectivity index (χ2n) is 3.62. The van der Waals surface area contributed by atoms with Gasteiger partial charge in [-0.05, 0) is 12.3 Å². The molecular formula is C10H17BrN2O. The van der Waals surface area contributed by atoms with Gasteiger partial charge in [0.2, 0.25) is 5.91 Å². The molecule has 0 aliphatic rings. The highest BCUT2D eigenvalue weighted by atomic mass is 79.9. The Kier molecular flexibility index (Phi) is 6.56. The minimum atomic E-state index is -0.171. The van der Waals surface area contributed by atoms with Gasteiger partial charge in [-0.3, -0.25) is 4.79 Å². The first-order valence-corrected chi connectivity index (χ1v) is 5.75. The molecular weight excluding hydrogens is 244 g/mol. The van der Waals surface area contributed by atoms with Crippen molar-refractivity contribution in [1.29, 1.82) is 5.26 Å². The SMILES string of the molecule is CCC(CC#N)NC(=O)C(Br)C(C)C. The molecule has 0 bridgehead atoms. The van der Waals surface area contributed by atoms with E-state index in [2.05, 4.69) is 27.3 Å². The summed E-state index contributed by atoms with van der Waals surface area (Å²) in [5.41, 5.74) is 0. The lowest BCUT2D eigenvalue weighted by Gasteiger charge is -2.18. The van der Waals surface area contributed by atoms with E-state index in [-0.39, 0.29) is 22.7 Å². The van der Waals surface area contributed by atoms with Gasteiger partial charge in [0.05, 0.1) is 17.3 Å². The number of alkyl halides is 1. The topological polar surface area (TPSA) is 52.9 Å². The van der Waals surface area contributed by atoms with Crippen LogP contribution < -0.4 is 5.32 Å². The van der Waals surface area contributed by atoms with Crippen LogP contribution >= 0.6 is 15.9 Å². The Morgan fingerprint density at radius 1 is 1.57 bits per heavy atom. The van der Waals surface area contributed by atoms with E-state index >= 15 is 0 Å². The zero-order chi connectivity index (χ0) is 11.1. The zero-order valence-electron chi connectivity index (χ0n) is 8.88. The van der Waals surface area contributed by atoms with Gasteiger partial charge in [-0.25, -0.2) is 0 Å². The second kappa shape index (κ2) is 6.83. The van der Waals surface area contributed by atoms with Gasteiger partial charge >= 0.3 is 0 Å². The molecule has 0 spiro atoms. The van der Waals surface area contributed by atoms with E-state index in [0.29, 0.717) is 6.42 Å². The summed E-state index contributed by atoms with van der Waals surface area (Å²) in [6.45, 7) is 5.91. The van der Waals surface area contributed by atoms with Gasteiger partial charge in [0.1, 0.15) is 0 Å². The number of hydrogen-bond donors (Lipinski definition) is 1. The minimum absolute atomic E-state index is 0.0219. The van der Waals surface area contributed by atoms with E-state index in [1.165, 1.54) is 0 Å². The molecule has 0 aromatic rings. The van der Waals surface area contributed by atoms with Crippen LogP contribution in [0.4, 0.5) is 0 Å². The summed E-state index contributed by atoms with van der Waals surface area (Å²) in [6.07, 6.45) is 1.16. The fraction of sp³-hybridized carbons (Fsp3) is 0.800. The average molecular weight is 261 g/mol. The third-order valence-electron chi connectivity index (χ3n) is 2.01. The highest BCUT2D eigenvalue weighted by Crippen LogP contribution is 2.12. The molecule has 1 amide bonds. The predicted molar refractivity (Wildman–Crippen MR) is 60.0 cm³/mol. The smallest absolute Gasteiger partial charge is 0.234 e. The van der Waals surface area contributed by atoms with Gasteiger partial charge in [0, 0.05) is 6.04 Å². The number of nitrogens with zero attached hydrogens (tertiary/aromatic N) is 1. The number of carbonyl (C=O) groups is 1. The maximum absolute atomic E-state index is 11.6. The van der Waals surface area contributed by atoms with Gasteiger partial charge in [0.25, 0.3) is 0 Å². The fourth-order valence-electron chi connectivity index (χ4n) is 0.991. The fourth-order valence-corrected chi connectivity index (χ4v) is 1.12. The lowest BCUT2D eigenvalue weighted by molar-refractivity contribution is -0.121. The summed E-state index contributed by atoms with van der Waals surface area (Å²) in [5, 5.41) is 11.4. The van der Waals surface area contributed by atoms with E-state index in [4.69, 9.17) is 5.26 Å². The van der Waals surface area contributed by atoms with Crippen molar-refractivity contribution >= 4 is 21.8 Å². The molecule has 2 atom stereocenters. The van der Waals surface area contributed by atoms with Crippen molar-refractivity contribution in [3.8, 4) is 6.07 Å². The zero-order valence-corrected chi connectivity index (χ0v) is 10.5. The number of hydrogen-bond acceptors (Lipinski definition) is 2. The molecule has 0 heterocycles. The normalized spacial score (nSPS) is 14.6. The molecule has 3 nitrogen and oxygen atoms in total. The Labute approximate surface area is 94.0 Å². The van der Waals surface area contributed by atoms with Gasteiger partial charge in [0.15, 0.2) is 0 Å². The van der Waals surface area contributed by atoms with Crippen LogP contribution in [0.2, 0.25) is 0 Å². The first-order chi connectivity index (χ1) is 6.52. The average Bonchev–Trinajstić information content (AvgIpc) is 2.15. The molecule has 14 heavy (non-hydrogen) atoms. The molecule has 0 aliphatic carbocycles. The van der Waals surface area contributed by atoms with Crippen molar-refractivity contribution in [3.63, 3.8) is 0 Å². The largest absolute Gasteiger partial charge is 0.351 e. The summed E-state index contributed by atoms with van der Waals surface area (Å²) < 4.78 is 0. The molecule has 2 unspecified atom stereocenters. The van der Waals surface area contributed by atoms with E-state index in [1.54, 1.807) is 0 Å². The number of carbonyl (C=O) groups excluding carboxylic acids is 1. The summed E-state index contributed by atoms with van der Waals surface area (Å²) in [4.78, 5) is 11.4. The highest BCUT2D eigenvalue weighted by molar-refractivity contribution is 9.10. The maximum Gasteiger partial charge on any atom is 0.234 e. The molecule has 80 valence electrons. The molecule has 0 saturated heterocycles. The Balaban J connectivity index is 4.09. The molecule has 0 aliphatic heterocycles. The van der Waals surface area contributed by atoms with Gasteiger partial charge in [-0.15, -0.1) is 0 Å². The van der Waals surface area contributed by atoms with Crippen LogP contribution in [0.5, 0.6) is 0 Å². The van der Waals surface area contributed by atoms with Gasteiger partial charge in [-0.2, -0.15) is 5.26 Å². The standard InChI is InChI=1S/C10H17BrN2O/c1-4-8(5-6-12)13-10(14)9(11)7(2)3/h7-9H,4-5H2,1-3H3,(H,13,14). The number of amides is 1. The molecule has 0 aromatic heterocycles. The third-order valence-corrected chi connectivity index (χ3v) is 3.49. The monoisotopic (exact) mass is 260 g/mol. The van der Waals surface area contributed by atoms with Crippen LogP contribution in [0.3, 0.4) is 0 Å². The van der Waals surface area contributed by atoms with Crippen molar-refractivity contribution in [2.45, 2.75) is 44.5 Å². The Morgan fingerprint density at radius 2 is 2.14 bits per heavy atom. The Morgan fingerprint density at radius 3 is 2.50 bits per heavy atom. The first-order valence-electron chi connectivity index (χ1n) is 4.84. The summed E-state index contributed by atoms with van der Waals surface area (Å²) in [5.74, 6) is 0.233. The van der Waals surface area contributed by atoms with E-state index in [9.17, 15) is 4.79 Å². The molecule has 4 heteroatoms. The quantitative estimate of drug-likeness (QED) is 0.771. The Hall–Kier alpha value is -0.560.